The van der Waals surface area contributed by atoms with Gasteiger partial charge in [-0.05, 0) is 80.6 Å². The number of carbonyl (C=O) groups excluding carboxylic acids is 2. The lowest BCUT2D eigenvalue weighted by Gasteiger charge is -2.25. The summed E-state index contributed by atoms with van der Waals surface area (Å²) in [6.45, 7) is 3.26. The van der Waals surface area contributed by atoms with E-state index < -0.39 is 11.5 Å². The summed E-state index contributed by atoms with van der Waals surface area (Å²) in [7, 11) is 0. The molecule has 7 heteroatoms. The molecule has 1 N–H and O–H groups in total. The van der Waals surface area contributed by atoms with Gasteiger partial charge in [0.25, 0.3) is 5.91 Å². The van der Waals surface area contributed by atoms with Gasteiger partial charge in [0.05, 0.1) is 10.7 Å². The second-order valence-corrected chi connectivity index (χ2v) is 8.33. The second-order valence-electron chi connectivity index (χ2n) is 7.05. The predicted octanol–water partition coefficient (Wildman–Crippen LogP) is 6.67. The van der Waals surface area contributed by atoms with Gasteiger partial charge < -0.3 is 10.1 Å². The molecule has 3 aromatic rings. The maximum atomic E-state index is 12.7. The van der Waals surface area contributed by atoms with Crippen LogP contribution in [-0.2, 0) is 4.79 Å². The summed E-state index contributed by atoms with van der Waals surface area (Å²) in [4.78, 5) is 25.2. The Hall–Kier alpha value is -2.53. The Bertz CT molecular complexity index is 1080. The number of amides is 1. The summed E-state index contributed by atoms with van der Waals surface area (Å²) in [6, 6.07) is 18.1. The zero-order valence-electron chi connectivity index (χ0n) is 16.2. The van der Waals surface area contributed by atoms with Gasteiger partial charge >= 0.3 is 0 Å². The van der Waals surface area contributed by atoms with E-state index in [9.17, 15) is 9.59 Å². The van der Waals surface area contributed by atoms with Gasteiger partial charge in [0.15, 0.2) is 11.4 Å². The number of benzene rings is 3. The number of nitrogens with one attached hydrogen (secondary N) is 1. The molecular formula is C23H18Cl3NO3. The van der Waals surface area contributed by atoms with Crippen LogP contribution in [-0.4, -0.2) is 17.3 Å². The van der Waals surface area contributed by atoms with Crippen molar-refractivity contribution in [2.24, 2.45) is 0 Å². The van der Waals surface area contributed by atoms with Crippen LogP contribution in [0.2, 0.25) is 15.1 Å². The third-order valence-electron chi connectivity index (χ3n) is 4.32. The standard InChI is InChI=1S/C23H18Cl3NO3/c1-23(2,22(29)27-20-13-17(25)9-12-19(20)26)30-18-10-5-15(6-11-18)21(28)14-3-7-16(24)8-4-14/h3-13H,1-2H3,(H,27,29). The zero-order valence-corrected chi connectivity index (χ0v) is 18.5. The fourth-order valence-electron chi connectivity index (χ4n) is 2.65. The smallest absolute Gasteiger partial charge is 0.268 e. The molecule has 0 aliphatic heterocycles. The number of anilines is 1. The van der Waals surface area contributed by atoms with Crippen molar-refractivity contribution in [1.82, 2.24) is 0 Å². The van der Waals surface area contributed by atoms with E-state index in [-0.39, 0.29) is 5.78 Å². The first kappa shape index (κ1) is 22.2. The van der Waals surface area contributed by atoms with E-state index in [0.29, 0.717) is 37.6 Å². The van der Waals surface area contributed by atoms with Crippen LogP contribution in [0.4, 0.5) is 5.69 Å². The van der Waals surface area contributed by atoms with Crippen molar-refractivity contribution >= 4 is 52.2 Å². The largest absolute Gasteiger partial charge is 0.478 e. The third-order valence-corrected chi connectivity index (χ3v) is 5.14. The molecule has 0 spiro atoms. The van der Waals surface area contributed by atoms with E-state index in [2.05, 4.69) is 5.32 Å². The number of hydrogen-bond acceptors (Lipinski definition) is 3. The molecule has 0 saturated heterocycles. The molecule has 30 heavy (non-hydrogen) atoms. The SMILES string of the molecule is CC(C)(Oc1ccc(C(=O)c2ccc(Cl)cc2)cc1)C(=O)Nc1cc(Cl)ccc1Cl. The highest BCUT2D eigenvalue weighted by atomic mass is 35.5. The van der Waals surface area contributed by atoms with Crippen molar-refractivity contribution in [1.29, 1.82) is 0 Å². The molecule has 4 nitrogen and oxygen atoms in total. The minimum atomic E-state index is -1.20. The summed E-state index contributed by atoms with van der Waals surface area (Å²) in [5, 5.41) is 4.11. The number of ketones is 1. The summed E-state index contributed by atoms with van der Waals surface area (Å²) in [5.41, 5.74) is 0.228. The van der Waals surface area contributed by atoms with Gasteiger partial charge in [-0.1, -0.05) is 34.8 Å². The first-order chi connectivity index (χ1) is 14.2. The molecule has 0 radical (unpaired) electrons. The van der Waals surface area contributed by atoms with Crippen LogP contribution in [0.25, 0.3) is 0 Å². The quantitative estimate of drug-likeness (QED) is 0.416. The van der Waals surface area contributed by atoms with Gasteiger partial charge in [0.1, 0.15) is 5.75 Å². The Morgan fingerprint density at radius 1 is 0.800 bits per heavy atom. The van der Waals surface area contributed by atoms with Crippen molar-refractivity contribution in [2.45, 2.75) is 19.4 Å². The van der Waals surface area contributed by atoms with E-state index in [1.165, 1.54) is 0 Å². The van der Waals surface area contributed by atoms with Crippen LogP contribution >= 0.6 is 34.8 Å². The Balaban J connectivity index is 1.70. The molecule has 0 atom stereocenters. The van der Waals surface area contributed by atoms with Crippen molar-refractivity contribution in [2.75, 3.05) is 5.32 Å². The van der Waals surface area contributed by atoms with Crippen LogP contribution in [0, 0.1) is 0 Å². The number of carbonyl (C=O) groups is 2. The van der Waals surface area contributed by atoms with E-state index in [1.54, 1.807) is 80.6 Å². The lowest BCUT2D eigenvalue weighted by atomic mass is 10.0. The normalized spacial score (nSPS) is 11.1. The van der Waals surface area contributed by atoms with Gasteiger partial charge in [-0.2, -0.15) is 0 Å². The minimum absolute atomic E-state index is 0.134. The van der Waals surface area contributed by atoms with Gasteiger partial charge in [-0.25, -0.2) is 0 Å². The van der Waals surface area contributed by atoms with Gasteiger partial charge in [0.2, 0.25) is 0 Å². The Labute approximate surface area is 189 Å². The van der Waals surface area contributed by atoms with Crippen LogP contribution in [0.1, 0.15) is 29.8 Å². The highest BCUT2D eigenvalue weighted by Crippen LogP contribution is 2.27. The van der Waals surface area contributed by atoms with Crippen LogP contribution in [0.3, 0.4) is 0 Å². The highest BCUT2D eigenvalue weighted by Gasteiger charge is 2.30. The average molecular weight is 463 g/mol. The molecule has 0 heterocycles. The monoisotopic (exact) mass is 461 g/mol. The van der Waals surface area contributed by atoms with Crippen LogP contribution in [0.5, 0.6) is 5.75 Å². The maximum absolute atomic E-state index is 12.7. The predicted molar refractivity (Wildman–Crippen MR) is 121 cm³/mol. The molecular weight excluding hydrogens is 445 g/mol. The first-order valence-corrected chi connectivity index (χ1v) is 10.1. The van der Waals surface area contributed by atoms with Gasteiger partial charge in [-0.15, -0.1) is 0 Å². The number of ether oxygens (including phenoxy) is 1. The molecule has 0 unspecified atom stereocenters. The molecule has 0 aromatic heterocycles. The minimum Gasteiger partial charge on any atom is -0.478 e. The third kappa shape index (κ3) is 5.33. The average Bonchev–Trinajstić information content (AvgIpc) is 2.71. The molecule has 3 aromatic carbocycles. The Morgan fingerprint density at radius 2 is 1.33 bits per heavy atom. The lowest BCUT2D eigenvalue weighted by Crippen LogP contribution is -2.42. The Morgan fingerprint density at radius 3 is 1.93 bits per heavy atom. The van der Waals surface area contributed by atoms with Crippen LogP contribution < -0.4 is 10.1 Å². The molecule has 0 saturated carbocycles. The number of halogens is 3. The van der Waals surface area contributed by atoms with Crippen molar-refractivity contribution in [3.05, 3.63) is 92.9 Å². The van der Waals surface area contributed by atoms with Crippen molar-refractivity contribution < 1.29 is 14.3 Å². The second kappa shape index (κ2) is 9.09. The van der Waals surface area contributed by atoms with Crippen molar-refractivity contribution in [3.8, 4) is 5.75 Å². The van der Waals surface area contributed by atoms with E-state index in [4.69, 9.17) is 39.5 Å². The summed E-state index contributed by atoms with van der Waals surface area (Å²) in [6.07, 6.45) is 0. The fourth-order valence-corrected chi connectivity index (χ4v) is 3.11. The number of hydrogen-bond donors (Lipinski definition) is 1. The first-order valence-electron chi connectivity index (χ1n) is 9.01. The highest BCUT2D eigenvalue weighted by molar-refractivity contribution is 6.35. The Kier molecular flexibility index (Phi) is 6.71. The van der Waals surface area contributed by atoms with Gasteiger partial charge in [-0.3, -0.25) is 9.59 Å². The van der Waals surface area contributed by atoms with E-state index in [0.717, 1.165) is 0 Å². The van der Waals surface area contributed by atoms with Crippen molar-refractivity contribution in [3.63, 3.8) is 0 Å². The van der Waals surface area contributed by atoms with E-state index in [1.807, 2.05) is 0 Å². The summed E-state index contributed by atoms with van der Waals surface area (Å²) in [5.74, 6) is -0.0844. The molecule has 3 rings (SSSR count). The maximum Gasteiger partial charge on any atom is 0.268 e. The number of rotatable bonds is 6. The van der Waals surface area contributed by atoms with E-state index >= 15 is 0 Å². The zero-order chi connectivity index (χ0) is 21.9. The summed E-state index contributed by atoms with van der Waals surface area (Å²) >= 11 is 17.9. The molecule has 0 bridgehead atoms. The fraction of sp³-hybridized carbons (Fsp3) is 0.130. The molecule has 0 aliphatic rings. The topological polar surface area (TPSA) is 55.4 Å². The lowest BCUT2D eigenvalue weighted by molar-refractivity contribution is -0.128. The molecule has 0 aliphatic carbocycles. The van der Waals surface area contributed by atoms with Crippen LogP contribution in [0.15, 0.2) is 66.7 Å². The molecule has 0 fully saturated rings. The van der Waals surface area contributed by atoms with Gasteiger partial charge in [0, 0.05) is 21.2 Å². The molecule has 1 amide bonds. The summed E-state index contributed by atoms with van der Waals surface area (Å²) < 4.78 is 5.85. The molecule has 154 valence electrons.